The molecule has 1 heterocycles. The Morgan fingerprint density at radius 2 is 1.76 bits per heavy atom. The molecule has 1 amide bonds. The fraction of sp³-hybridized carbons (Fsp3) is 0.176. The second-order valence-corrected chi connectivity index (χ2v) is 8.41. The van der Waals surface area contributed by atoms with Gasteiger partial charge in [0.05, 0.1) is 32.9 Å². The zero-order valence-corrected chi connectivity index (χ0v) is 15.2. The summed E-state index contributed by atoms with van der Waals surface area (Å²) < 4.78 is 26.3. The van der Waals surface area contributed by atoms with Crippen molar-refractivity contribution in [1.29, 1.82) is 0 Å². The third-order valence-electron chi connectivity index (χ3n) is 3.40. The first-order chi connectivity index (χ1) is 11.9. The number of sulfonamides is 1. The van der Waals surface area contributed by atoms with E-state index in [0.29, 0.717) is 17.8 Å². The Kier molecular flexibility index (Phi) is 5.00. The first-order valence-electron chi connectivity index (χ1n) is 7.62. The van der Waals surface area contributed by atoms with Crippen LogP contribution in [0.4, 0.5) is 11.4 Å². The standard InChI is InChI=1S/C17H17N3O3S2/c1-25(22,23)20-13-7-3-2-6-12(13)18-16(21)10-11-17-19-14-8-4-5-9-15(14)24-17/h2-9,20H,10-11H2,1H3,(H,18,21). The van der Waals surface area contributed by atoms with E-state index in [1.807, 2.05) is 24.3 Å². The van der Waals surface area contributed by atoms with Crippen molar-refractivity contribution in [2.45, 2.75) is 12.8 Å². The molecule has 3 rings (SSSR count). The molecule has 0 radical (unpaired) electrons. The number of aryl methyl sites for hydroxylation is 1. The number of anilines is 2. The zero-order valence-electron chi connectivity index (χ0n) is 13.5. The van der Waals surface area contributed by atoms with E-state index in [0.717, 1.165) is 21.5 Å². The Labute approximate surface area is 150 Å². The number of fused-ring (bicyclic) bond motifs is 1. The molecule has 130 valence electrons. The topological polar surface area (TPSA) is 88.2 Å². The Balaban J connectivity index is 1.65. The quantitative estimate of drug-likeness (QED) is 0.692. The summed E-state index contributed by atoms with van der Waals surface area (Å²) in [4.78, 5) is 16.7. The lowest BCUT2D eigenvalue weighted by atomic mass is 10.2. The van der Waals surface area contributed by atoms with E-state index in [2.05, 4.69) is 15.0 Å². The highest BCUT2D eigenvalue weighted by molar-refractivity contribution is 7.92. The lowest BCUT2D eigenvalue weighted by molar-refractivity contribution is -0.116. The molecule has 0 aliphatic rings. The molecule has 6 nitrogen and oxygen atoms in total. The summed E-state index contributed by atoms with van der Waals surface area (Å²) in [6.45, 7) is 0. The number of carbonyl (C=O) groups excluding carboxylic acids is 1. The average Bonchev–Trinajstić information content (AvgIpc) is 2.96. The van der Waals surface area contributed by atoms with E-state index in [9.17, 15) is 13.2 Å². The number of hydrogen-bond donors (Lipinski definition) is 2. The Morgan fingerprint density at radius 3 is 2.48 bits per heavy atom. The van der Waals surface area contributed by atoms with Crippen molar-refractivity contribution in [3.8, 4) is 0 Å². The highest BCUT2D eigenvalue weighted by atomic mass is 32.2. The van der Waals surface area contributed by atoms with E-state index >= 15 is 0 Å². The summed E-state index contributed by atoms with van der Waals surface area (Å²) in [5, 5.41) is 3.65. The number of nitrogens with zero attached hydrogens (tertiary/aromatic N) is 1. The number of aromatic nitrogens is 1. The van der Waals surface area contributed by atoms with Crippen LogP contribution in [0.2, 0.25) is 0 Å². The average molecular weight is 375 g/mol. The van der Waals surface area contributed by atoms with Crippen LogP contribution in [0.15, 0.2) is 48.5 Å². The molecule has 0 spiro atoms. The van der Waals surface area contributed by atoms with Gasteiger partial charge in [0, 0.05) is 12.8 Å². The fourth-order valence-electron chi connectivity index (χ4n) is 2.34. The second-order valence-electron chi connectivity index (χ2n) is 5.54. The molecular weight excluding hydrogens is 358 g/mol. The highest BCUT2D eigenvalue weighted by Crippen LogP contribution is 2.24. The molecule has 0 aliphatic carbocycles. The van der Waals surface area contributed by atoms with E-state index in [1.165, 1.54) is 0 Å². The normalized spacial score (nSPS) is 11.4. The van der Waals surface area contributed by atoms with Gasteiger partial charge < -0.3 is 5.32 Å². The van der Waals surface area contributed by atoms with Crippen LogP contribution >= 0.6 is 11.3 Å². The lowest BCUT2D eigenvalue weighted by Gasteiger charge is -2.11. The van der Waals surface area contributed by atoms with Crippen molar-refractivity contribution in [3.63, 3.8) is 0 Å². The van der Waals surface area contributed by atoms with Gasteiger partial charge in [0.25, 0.3) is 0 Å². The first-order valence-corrected chi connectivity index (χ1v) is 10.3. The maximum absolute atomic E-state index is 12.2. The minimum Gasteiger partial charge on any atom is -0.324 e. The summed E-state index contributed by atoms with van der Waals surface area (Å²) in [7, 11) is -3.42. The van der Waals surface area contributed by atoms with Crippen LogP contribution in [0.1, 0.15) is 11.4 Å². The van der Waals surface area contributed by atoms with Crippen molar-refractivity contribution in [2.75, 3.05) is 16.3 Å². The molecule has 0 unspecified atom stereocenters. The molecule has 0 atom stereocenters. The second kappa shape index (κ2) is 7.20. The molecule has 0 bridgehead atoms. The number of carbonyl (C=O) groups is 1. The van der Waals surface area contributed by atoms with Crippen molar-refractivity contribution < 1.29 is 13.2 Å². The molecule has 0 saturated carbocycles. The van der Waals surface area contributed by atoms with Crippen LogP contribution in [0, 0.1) is 0 Å². The van der Waals surface area contributed by atoms with E-state index < -0.39 is 10.0 Å². The third kappa shape index (κ3) is 4.77. The first kappa shape index (κ1) is 17.4. The Bertz CT molecular complexity index is 980. The molecule has 2 N–H and O–H groups in total. The molecule has 0 aliphatic heterocycles. The number of rotatable bonds is 6. The number of thiazole rings is 1. The summed E-state index contributed by atoms with van der Waals surface area (Å²) in [5.74, 6) is -0.193. The minimum atomic E-state index is -3.42. The molecule has 25 heavy (non-hydrogen) atoms. The van der Waals surface area contributed by atoms with Crippen LogP contribution in [0.5, 0.6) is 0 Å². The van der Waals surface area contributed by atoms with Gasteiger partial charge in [0.1, 0.15) is 0 Å². The fourth-order valence-corrected chi connectivity index (χ4v) is 3.89. The number of hydrogen-bond acceptors (Lipinski definition) is 5. The predicted octanol–water partition coefficient (Wildman–Crippen LogP) is 3.24. The van der Waals surface area contributed by atoms with Gasteiger partial charge in [-0.2, -0.15) is 0 Å². The van der Waals surface area contributed by atoms with Crippen LogP contribution in [0.3, 0.4) is 0 Å². The zero-order chi connectivity index (χ0) is 17.9. The maximum atomic E-state index is 12.2. The Hall–Kier alpha value is -2.45. The van der Waals surface area contributed by atoms with Gasteiger partial charge in [-0.25, -0.2) is 13.4 Å². The molecule has 0 fully saturated rings. The molecule has 8 heteroatoms. The van der Waals surface area contributed by atoms with Crippen LogP contribution in [-0.4, -0.2) is 25.6 Å². The summed E-state index contributed by atoms with van der Waals surface area (Å²) >= 11 is 1.57. The number of amides is 1. The summed E-state index contributed by atoms with van der Waals surface area (Å²) in [6.07, 6.45) is 1.87. The van der Waals surface area contributed by atoms with Gasteiger partial charge in [-0.1, -0.05) is 24.3 Å². The minimum absolute atomic E-state index is 0.193. The van der Waals surface area contributed by atoms with Gasteiger partial charge in [0.2, 0.25) is 15.9 Å². The molecular formula is C17H17N3O3S2. The highest BCUT2D eigenvalue weighted by Gasteiger charge is 2.11. The van der Waals surface area contributed by atoms with Crippen molar-refractivity contribution in [2.24, 2.45) is 0 Å². The van der Waals surface area contributed by atoms with E-state index in [1.54, 1.807) is 35.6 Å². The van der Waals surface area contributed by atoms with E-state index in [4.69, 9.17) is 0 Å². The Morgan fingerprint density at radius 1 is 1.08 bits per heavy atom. The largest absolute Gasteiger partial charge is 0.324 e. The van der Waals surface area contributed by atoms with Crippen LogP contribution < -0.4 is 10.0 Å². The van der Waals surface area contributed by atoms with E-state index in [-0.39, 0.29) is 12.3 Å². The number of benzene rings is 2. The van der Waals surface area contributed by atoms with Gasteiger partial charge in [0.15, 0.2) is 0 Å². The van der Waals surface area contributed by atoms with Crippen LogP contribution in [0.25, 0.3) is 10.2 Å². The maximum Gasteiger partial charge on any atom is 0.229 e. The SMILES string of the molecule is CS(=O)(=O)Nc1ccccc1NC(=O)CCc1nc2ccccc2s1. The van der Waals surface area contributed by atoms with Gasteiger partial charge in [-0.15, -0.1) is 11.3 Å². The predicted molar refractivity (Wildman–Crippen MR) is 101 cm³/mol. The number of para-hydroxylation sites is 3. The smallest absolute Gasteiger partial charge is 0.229 e. The van der Waals surface area contributed by atoms with Gasteiger partial charge >= 0.3 is 0 Å². The number of nitrogens with one attached hydrogen (secondary N) is 2. The molecule has 1 aromatic heterocycles. The lowest BCUT2D eigenvalue weighted by Crippen LogP contribution is -2.16. The monoisotopic (exact) mass is 375 g/mol. The van der Waals surface area contributed by atoms with Gasteiger partial charge in [-0.3, -0.25) is 9.52 Å². The third-order valence-corrected chi connectivity index (χ3v) is 5.09. The van der Waals surface area contributed by atoms with Crippen molar-refractivity contribution in [1.82, 2.24) is 4.98 Å². The molecule has 2 aromatic carbocycles. The van der Waals surface area contributed by atoms with Crippen molar-refractivity contribution in [3.05, 3.63) is 53.5 Å². The molecule has 3 aromatic rings. The summed E-state index contributed by atoms with van der Waals surface area (Å²) in [5.41, 5.74) is 1.71. The van der Waals surface area contributed by atoms with Crippen LogP contribution in [-0.2, 0) is 21.2 Å². The van der Waals surface area contributed by atoms with Crippen molar-refractivity contribution >= 4 is 48.9 Å². The van der Waals surface area contributed by atoms with Gasteiger partial charge in [-0.05, 0) is 24.3 Å². The summed E-state index contributed by atoms with van der Waals surface area (Å²) in [6, 6.07) is 14.5. The molecule has 0 saturated heterocycles.